The zero-order valence-electron chi connectivity index (χ0n) is 10.1. The summed E-state index contributed by atoms with van der Waals surface area (Å²) in [6.07, 6.45) is -0.274. The van der Waals surface area contributed by atoms with Crippen molar-refractivity contribution in [3.05, 3.63) is 0 Å². The quantitative estimate of drug-likeness (QED) is 0.396. The molecule has 0 aliphatic carbocycles. The van der Waals surface area contributed by atoms with Crippen molar-refractivity contribution in [1.82, 2.24) is 4.90 Å². The van der Waals surface area contributed by atoms with Crippen molar-refractivity contribution in [1.29, 1.82) is 5.41 Å². The molecule has 0 aliphatic heterocycles. The summed E-state index contributed by atoms with van der Waals surface area (Å²) in [7, 11) is 1.48. The summed E-state index contributed by atoms with van der Waals surface area (Å²) in [6, 6.07) is -0.822. The van der Waals surface area contributed by atoms with Gasteiger partial charge in [0.2, 0.25) is 0 Å². The number of nitrogens with two attached hydrogens (primary N) is 1. The number of ether oxygens (including phenoxy) is 1. The zero-order valence-corrected chi connectivity index (χ0v) is 10.1. The molecule has 16 heavy (non-hydrogen) atoms. The van der Waals surface area contributed by atoms with Crippen LogP contribution in [0.1, 0.15) is 27.2 Å². The lowest BCUT2D eigenvalue weighted by Crippen LogP contribution is -2.47. The summed E-state index contributed by atoms with van der Waals surface area (Å²) in [4.78, 5) is 23.9. The van der Waals surface area contributed by atoms with E-state index in [4.69, 9.17) is 15.9 Å². The largest absolute Gasteiger partial charge is 0.461 e. The fourth-order valence-electron chi connectivity index (χ4n) is 1.13. The predicted molar refractivity (Wildman–Crippen MR) is 60.0 cm³/mol. The van der Waals surface area contributed by atoms with Crippen molar-refractivity contribution in [2.24, 2.45) is 5.73 Å². The van der Waals surface area contributed by atoms with Gasteiger partial charge in [0.1, 0.15) is 11.8 Å². The minimum absolute atomic E-state index is 0.0123. The van der Waals surface area contributed by atoms with Crippen molar-refractivity contribution < 1.29 is 14.3 Å². The third-order valence-electron chi connectivity index (χ3n) is 1.95. The van der Waals surface area contributed by atoms with Crippen molar-refractivity contribution in [3.63, 3.8) is 0 Å². The highest BCUT2D eigenvalue weighted by Gasteiger charge is 2.27. The lowest BCUT2D eigenvalue weighted by atomic mass is 10.1. The SMILES string of the molecule is CC(=O)CC(C(=O)OC(C)C)N(C)C(=N)N. The lowest BCUT2D eigenvalue weighted by molar-refractivity contribution is -0.153. The fourth-order valence-corrected chi connectivity index (χ4v) is 1.13. The van der Waals surface area contributed by atoms with Crippen molar-refractivity contribution in [3.8, 4) is 0 Å². The molecule has 0 aliphatic rings. The van der Waals surface area contributed by atoms with Gasteiger partial charge in [-0.25, -0.2) is 4.79 Å². The number of carbonyl (C=O) groups excluding carboxylic acids is 2. The Morgan fingerprint density at radius 3 is 2.25 bits per heavy atom. The topological polar surface area (TPSA) is 96.5 Å². The van der Waals surface area contributed by atoms with E-state index >= 15 is 0 Å². The molecule has 0 spiro atoms. The number of ketones is 1. The summed E-state index contributed by atoms with van der Waals surface area (Å²) in [5.41, 5.74) is 5.27. The molecule has 6 heteroatoms. The number of esters is 1. The number of rotatable bonds is 5. The van der Waals surface area contributed by atoms with Crippen molar-refractivity contribution in [2.45, 2.75) is 39.3 Å². The van der Waals surface area contributed by atoms with Crippen LogP contribution in [0.25, 0.3) is 0 Å². The van der Waals surface area contributed by atoms with Gasteiger partial charge in [0, 0.05) is 13.5 Å². The predicted octanol–water partition coefficient (Wildman–Crippen LogP) is 0.111. The van der Waals surface area contributed by atoms with Crippen molar-refractivity contribution in [2.75, 3.05) is 7.05 Å². The Morgan fingerprint density at radius 1 is 1.44 bits per heavy atom. The average molecular weight is 229 g/mol. The molecule has 0 radical (unpaired) electrons. The second-order valence-electron chi connectivity index (χ2n) is 3.90. The monoisotopic (exact) mass is 229 g/mol. The molecule has 0 saturated heterocycles. The third-order valence-corrected chi connectivity index (χ3v) is 1.95. The van der Waals surface area contributed by atoms with E-state index in [1.165, 1.54) is 18.9 Å². The van der Waals surface area contributed by atoms with E-state index < -0.39 is 12.0 Å². The molecule has 0 aromatic rings. The molecule has 6 nitrogen and oxygen atoms in total. The molecule has 0 amide bonds. The summed E-state index contributed by atoms with van der Waals surface area (Å²) in [5, 5.41) is 7.24. The molecule has 1 unspecified atom stereocenters. The zero-order chi connectivity index (χ0) is 12.9. The van der Waals surface area contributed by atoms with Crippen LogP contribution in [0, 0.1) is 5.41 Å². The van der Waals surface area contributed by atoms with Gasteiger partial charge < -0.3 is 15.4 Å². The molecule has 0 aromatic carbocycles. The molecule has 1 atom stereocenters. The van der Waals surface area contributed by atoms with Crippen LogP contribution in [0.3, 0.4) is 0 Å². The number of hydrogen-bond donors (Lipinski definition) is 2. The number of nitrogens with zero attached hydrogens (tertiary/aromatic N) is 1. The van der Waals surface area contributed by atoms with Gasteiger partial charge in [-0.2, -0.15) is 0 Å². The molecule has 0 rings (SSSR count). The van der Waals surface area contributed by atoms with Crippen molar-refractivity contribution >= 4 is 17.7 Å². The first-order valence-corrected chi connectivity index (χ1v) is 5.02. The maximum Gasteiger partial charge on any atom is 0.329 e. The molecule has 0 saturated carbocycles. The van der Waals surface area contributed by atoms with Gasteiger partial charge in [0.25, 0.3) is 0 Å². The van der Waals surface area contributed by atoms with Crippen LogP contribution in [0.2, 0.25) is 0 Å². The van der Waals surface area contributed by atoms with Gasteiger partial charge in [-0.05, 0) is 20.8 Å². The first-order chi connectivity index (χ1) is 7.25. The summed E-state index contributed by atoms with van der Waals surface area (Å²) in [5.74, 6) is -0.964. The first-order valence-electron chi connectivity index (χ1n) is 5.02. The van der Waals surface area contributed by atoms with Crippen LogP contribution < -0.4 is 5.73 Å². The molecule has 0 fully saturated rings. The molecule has 0 aromatic heterocycles. The standard InChI is InChI=1S/C10H19N3O3/c1-6(2)16-9(15)8(5-7(3)14)13(4)10(11)12/h6,8H,5H2,1-4H3,(H3,11,12). The average Bonchev–Trinajstić information content (AvgIpc) is 2.11. The number of Topliss-reactive ketones (excluding diaryl/α,β-unsaturated/α-hetero) is 1. The minimum Gasteiger partial charge on any atom is -0.461 e. The van der Waals surface area contributed by atoms with Crippen LogP contribution in [-0.2, 0) is 14.3 Å². The maximum absolute atomic E-state index is 11.7. The van der Waals surface area contributed by atoms with Crippen LogP contribution in [0.5, 0.6) is 0 Å². The lowest BCUT2D eigenvalue weighted by Gasteiger charge is -2.26. The van der Waals surface area contributed by atoms with Crippen LogP contribution in [-0.4, -0.2) is 41.8 Å². The van der Waals surface area contributed by atoms with Gasteiger partial charge in [0.05, 0.1) is 6.10 Å². The number of guanidine groups is 1. The first kappa shape index (κ1) is 14.4. The molecule has 3 N–H and O–H groups in total. The Labute approximate surface area is 95.2 Å². The molecule has 0 heterocycles. The van der Waals surface area contributed by atoms with Crippen LogP contribution >= 0.6 is 0 Å². The smallest absolute Gasteiger partial charge is 0.329 e. The van der Waals surface area contributed by atoms with Crippen LogP contribution in [0.4, 0.5) is 0 Å². The second-order valence-corrected chi connectivity index (χ2v) is 3.90. The second kappa shape index (κ2) is 6.09. The molecular formula is C10H19N3O3. The number of likely N-dealkylation sites (N-methyl/N-ethyl adjacent to an activating group) is 1. The van der Waals surface area contributed by atoms with E-state index in [2.05, 4.69) is 0 Å². The Kier molecular flexibility index (Phi) is 5.49. The summed E-state index contributed by atoms with van der Waals surface area (Å²) < 4.78 is 5.00. The van der Waals surface area contributed by atoms with E-state index in [0.29, 0.717) is 0 Å². The number of nitrogens with one attached hydrogen (secondary N) is 1. The van der Waals surface area contributed by atoms with E-state index in [-0.39, 0.29) is 24.3 Å². The highest BCUT2D eigenvalue weighted by molar-refractivity contribution is 5.89. The summed E-state index contributed by atoms with van der Waals surface area (Å²) >= 11 is 0. The molecule has 92 valence electrons. The number of carbonyl (C=O) groups is 2. The van der Waals surface area contributed by atoms with E-state index in [9.17, 15) is 9.59 Å². The van der Waals surface area contributed by atoms with Gasteiger partial charge in [0.15, 0.2) is 5.96 Å². The van der Waals surface area contributed by atoms with Gasteiger partial charge in [-0.3, -0.25) is 10.2 Å². The fraction of sp³-hybridized carbons (Fsp3) is 0.700. The van der Waals surface area contributed by atoms with Gasteiger partial charge >= 0.3 is 5.97 Å². The Balaban J connectivity index is 4.72. The Hall–Kier alpha value is -1.59. The third kappa shape index (κ3) is 4.77. The Morgan fingerprint density at radius 2 is 1.94 bits per heavy atom. The van der Waals surface area contributed by atoms with E-state index in [0.717, 1.165) is 0 Å². The van der Waals surface area contributed by atoms with E-state index in [1.54, 1.807) is 13.8 Å². The minimum atomic E-state index is -0.822. The normalized spacial score (nSPS) is 12.1. The Bertz CT molecular complexity index is 289. The highest BCUT2D eigenvalue weighted by atomic mass is 16.5. The maximum atomic E-state index is 11.7. The van der Waals surface area contributed by atoms with E-state index in [1.807, 2.05) is 0 Å². The number of hydrogen-bond acceptors (Lipinski definition) is 4. The summed E-state index contributed by atoms with van der Waals surface area (Å²) in [6.45, 7) is 4.82. The molecular weight excluding hydrogens is 210 g/mol. The van der Waals surface area contributed by atoms with Gasteiger partial charge in [-0.1, -0.05) is 0 Å². The highest BCUT2D eigenvalue weighted by Crippen LogP contribution is 2.06. The van der Waals surface area contributed by atoms with Crippen LogP contribution in [0.15, 0.2) is 0 Å². The van der Waals surface area contributed by atoms with Gasteiger partial charge in [-0.15, -0.1) is 0 Å². The molecule has 0 bridgehead atoms.